The molecule has 0 bridgehead atoms. The fraction of sp³-hybridized carbons (Fsp3) is 0.241. The van der Waals surface area contributed by atoms with Crippen molar-refractivity contribution in [3.8, 4) is 56.8 Å². The zero-order valence-corrected chi connectivity index (χ0v) is 20.8. The molecule has 4 rings (SSSR count). The van der Waals surface area contributed by atoms with Crippen LogP contribution in [0.2, 0.25) is 0 Å². The third-order valence-electron chi connectivity index (χ3n) is 6.20. The van der Waals surface area contributed by atoms with Crippen LogP contribution in [0, 0.1) is 5.92 Å². The Morgan fingerprint density at radius 2 is 1.32 bits per heavy atom. The molecule has 0 aromatic heterocycles. The van der Waals surface area contributed by atoms with Crippen LogP contribution < -0.4 is 9.47 Å². The first-order valence-corrected chi connectivity index (χ1v) is 12.0. The molecule has 5 N–H and O–H groups in total. The molecule has 0 heterocycles. The molecule has 0 saturated heterocycles. The molecule has 1 aliphatic carbocycles. The number of aliphatic hydroxyl groups is 1. The Morgan fingerprint density at radius 1 is 0.842 bits per heavy atom. The van der Waals surface area contributed by atoms with Gasteiger partial charge in [0.1, 0.15) is 11.5 Å². The van der Waals surface area contributed by atoms with Gasteiger partial charge in [0.25, 0.3) is 0 Å². The molecule has 3 aromatic rings. The lowest BCUT2D eigenvalue weighted by Gasteiger charge is -2.22. The van der Waals surface area contributed by atoms with E-state index in [1.807, 2.05) is 13.0 Å². The predicted octanol–water partition coefficient (Wildman–Crippen LogP) is 4.78. The van der Waals surface area contributed by atoms with Gasteiger partial charge in [-0.15, -0.1) is 0 Å². The molecule has 0 radical (unpaired) electrons. The Bertz CT molecular complexity index is 1390. The summed E-state index contributed by atoms with van der Waals surface area (Å²) in [6.07, 6.45) is 1.45. The molecule has 0 amide bonds. The van der Waals surface area contributed by atoms with Gasteiger partial charge in [-0.05, 0) is 62.1 Å². The van der Waals surface area contributed by atoms with Crippen molar-refractivity contribution >= 4 is 11.9 Å². The van der Waals surface area contributed by atoms with E-state index in [1.54, 1.807) is 0 Å². The third kappa shape index (κ3) is 5.57. The van der Waals surface area contributed by atoms with Gasteiger partial charge in [-0.3, -0.25) is 9.59 Å². The summed E-state index contributed by atoms with van der Waals surface area (Å²) >= 11 is 0. The molecule has 38 heavy (non-hydrogen) atoms. The van der Waals surface area contributed by atoms with E-state index in [9.17, 15) is 35.1 Å². The van der Waals surface area contributed by atoms with Gasteiger partial charge >= 0.3 is 11.9 Å². The highest BCUT2D eigenvalue weighted by atomic mass is 16.6. The lowest BCUT2D eigenvalue weighted by atomic mass is 9.95. The van der Waals surface area contributed by atoms with Crippen molar-refractivity contribution in [2.24, 2.45) is 5.92 Å². The molecular formula is C29H28O9. The number of ether oxygens (including phenoxy) is 2. The highest BCUT2D eigenvalue weighted by molar-refractivity contribution is 5.96. The van der Waals surface area contributed by atoms with Crippen LogP contribution in [-0.4, -0.2) is 43.6 Å². The van der Waals surface area contributed by atoms with Crippen LogP contribution in [-0.2, 0) is 9.59 Å². The van der Waals surface area contributed by atoms with Crippen LogP contribution in [0.4, 0.5) is 0 Å². The number of aliphatic hydroxyl groups excluding tert-OH is 1. The second-order valence-corrected chi connectivity index (χ2v) is 9.33. The first-order valence-electron chi connectivity index (χ1n) is 12.0. The second-order valence-electron chi connectivity index (χ2n) is 9.33. The SMILES string of the molecule is CC1=CCC(C(=O)Oc2c(O)c(-c3ccc(O)cc3)c(OC(=O)C[C@H](C)O)c(O)c2-c2ccc(O)cc2)C1. The van der Waals surface area contributed by atoms with Crippen molar-refractivity contribution in [3.63, 3.8) is 0 Å². The monoisotopic (exact) mass is 520 g/mol. The number of carbonyl (C=O) groups excluding carboxylic acids is 2. The van der Waals surface area contributed by atoms with E-state index in [0.717, 1.165) is 5.57 Å². The predicted molar refractivity (Wildman–Crippen MR) is 138 cm³/mol. The average Bonchev–Trinajstić information content (AvgIpc) is 3.30. The van der Waals surface area contributed by atoms with Crippen LogP contribution in [0.3, 0.4) is 0 Å². The van der Waals surface area contributed by atoms with Gasteiger partial charge in [0.2, 0.25) is 0 Å². The summed E-state index contributed by atoms with van der Waals surface area (Å²) in [4.78, 5) is 25.6. The van der Waals surface area contributed by atoms with E-state index in [-0.39, 0.29) is 39.5 Å². The van der Waals surface area contributed by atoms with Crippen molar-refractivity contribution in [2.45, 2.75) is 39.2 Å². The normalized spacial score (nSPS) is 15.6. The summed E-state index contributed by atoms with van der Waals surface area (Å²) in [5.74, 6) is -4.11. The van der Waals surface area contributed by atoms with E-state index >= 15 is 0 Å². The zero-order chi connectivity index (χ0) is 27.6. The van der Waals surface area contributed by atoms with Gasteiger partial charge in [-0.1, -0.05) is 35.9 Å². The fourth-order valence-electron chi connectivity index (χ4n) is 4.33. The minimum absolute atomic E-state index is 0.0622. The minimum Gasteiger partial charge on any atom is -0.508 e. The van der Waals surface area contributed by atoms with Crippen molar-refractivity contribution in [2.75, 3.05) is 0 Å². The summed E-state index contributed by atoms with van der Waals surface area (Å²) in [7, 11) is 0. The maximum atomic E-state index is 13.1. The lowest BCUT2D eigenvalue weighted by molar-refractivity contribution is -0.139. The topological polar surface area (TPSA) is 154 Å². The van der Waals surface area contributed by atoms with E-state index in [1.165, 1.54) is 55.5 Å². The third-order valence-corrected chi connectivity index (χ3v) is 6.20. The number of hydrogen-bond acceptors (Lipinski definition) is 9. The highest BCUT2D eigenvalue weighted by Gasteiger charge is 2.33. The first kappa shape index (κ1) is 26.6. The number of aromatic hydroxyl groups is 4. The molecule has 9 nitrogen and oxygen atoms in total. The largest absolute Gasteiger partial charge is 0.508 e. The van der Waals surface area contributed by atoms with Crippen LogP contribution >= 0.6 is 0 Å². The van der Waals surface area contributed by atoms with Gasteiger partial charge in [0.05, 0.1) is 29.6 Å². The maximum absolute atomic E-state index is 13.1. The van der Waals surface area contributed by atoms with Gasteiger partial charge < -0.3 is 35.0 Å². The lowest BCUT2D eigenvalue weighted by Crippen LogP contribution is -2.19. The number of hydrogen-bond donors (Lipinski definition) is 5. The molecule has 3 aromatic carbocycles. The van der Waals surface area contributed by atoms with Crippen LogP contribution in [0.15, 0.2) is 60.2 Å². The van der Waals surface area contributed by atoms with Gasteiger partial charge in [-0.2, -0.15) is 0 Å². The van der Waals surface area contributed by atoms with Crippen molar-refractivity contribution in [3.05, 3.63) is 60.2 Å². The second kappa shape index (κ2) is 10.9. The number of rotatable bonds is 7. The molecule has 0 fully saturated rings. The summed E-state index contributed by atoms with van der Waals surface area (Å²) in [5.41, 5.74) is 1.23. The molecule has 0 saturated carbocycles. The number of phenolic OH excluding ortho intramolecular Hbond substituents is 4. The van der Waals surface area contributed by atoms with Crippen molar-refractivity contribution in [1.29, 1.82) is 0 Å². The maximum Gasteiger partial charge on any atom is 0.315 e. The van der Waals surface area contributed by atoms with Crippen molar-refractivity contribution < 1.29 is 44.6 Å². The Morgan fingerprint density at radius 3 is 1.74 bits per heavy atom. The van der Waals surface area contributed by atoms with Crippen LogP contribution in [0.1, 0.15) is 33.1 Å². The summed E-state index contributed by atoms with van der Waals surface area (Å²) in [6, 6.07) is 11.1. The number of allylic oxidation sites excluding steroid dienone is 2. The smallest absolute Gasteiger partial charge is 0.315 e. The number of esters is 2. The fourth-order valence-corrected chi connectivity index (χ4v) is 4.33. The number of phenols is 4. The van der Waals surface area contributed by atoms with E-state index in [0.29, 0.717) is 12.8 Å². The number of benzene rings is 3. The van der Waals surface area contributed by atoms with Crippen LogP contribution in [0.5, 0.6) is 34.5 Å². The Kier molecular flexibility index (Phi) is 7.59. The van der Waals surface area contributed by atoms with Crippen molar-refractivity contribution in [1.82, 2.24) is 0 Å². The van der Waals surface area contributed by atoms with Gasteiger partial charge in [0.15, 0.2) is 23.0 Å². The molecule has 0 aliphatic heterocycles. The quantitative estimate of drug-likeness (QED) is 0.128. The first-order chi connectivity index (χ1) is 18.0. The molecular weight excluding hydrogens is 492 g/mol. The standard InChI is InChI=1S/C29H28O9/c1-15-3-4-19(13-15)29(36)38-28-24(18-7-11-21(32)12-8-18)25(34)27(37-22(33)14-16(2)30)23(26(28)35)17-5-9-20(31)10-6-17/h3,5-12,16,19,30-32,34-35H,4,13-14H2,1-2H3/t16-,19?/m0/s1. The summed E-state index contributed by atoms with van der Waals surface area (Å²) < 4.78 is 11.2. The molecule has 2 atom stereocenters. The van der Waals surface area contributed by atoms with Gasteiger partial charge in [-0.25, -0.2) is 0 Å². The van der Waals surface area contributed by atoms with E-state index in [4.69, 9.17) is 9.47 Å². The number of carbonyl (C=O) groups is 2. The summed E-state index contributed by atoms with van der Waals surface area (Å²) in [5, 5.41) is 52.1. The molecule has 198 valence electrons. The molecule has 0 spiro atoms. The Labute approximate surface area is 218 Å². The average molecular weight is 521 g/mol. The Hall–Kier alpha value is -4.50. The van der Waals surface area contributed by atoms with E-state index in [2.05, 4.69) is 0 Å². The minimum atomic E-state index is -1.03. The van der Waals surface area contributed by atoms with Crippen LogP contribution in [0.25, 0.3) is 22.3 Å². The van der Waals surface area contributed by atoms with Gasteiger partial charge in [0, 0.05) is 0 Å². The Balaban J connectivity index is 1.95. The molecule has 1 aliphatic rings. The highest BCUT2D eigenvalue weighted by Crippen LogP contribution is 2.56. The molecule has 1 unspecified atom stereocenters. The van der Waals surface area contributed by atoms with E-state index < -0.39 is 47.6 Å². The molecule has 9 heteroatoms. The summed E-state index contributed by atoms with van der Waals surface area (Å²) in [6.45, 7) is 3.29. The zero-order valence-electron chi connectivity index (χ0n) is 20.8.